The standard InChI is InChI=1S/C15H17I2NO5/c1-15(2,3)23-14(22)18-6-8-7(5-10(18)13(20)21)4-9(16)12(19)11(8)17/h4,10,19H,5-6H2,1-3H3,(H,20,21). The third kappa shape index (κ3) is 4.01. The average Bonchev–Trinajstić information content (AvgIpc) is 2.41. The van der Waals surface area contributed by atoms with Gasteiger partial charge in [-0.25, -0.2) is 9.59 Å². The first-order valence-corrected chi connectivity index (χ1v) is 9.08. The number of phenolic OH excluding ortho intramolecular Hbond substituents is 1. The van der Waals surface area contributed by atoms with Crippen LogP contribution in [-0.2, 0) is 22.5 Å². The molecule has 0 saturated carbocycles. The van der Waals surface area contributed by atoms with Gasteiger partial charge in [-0.15, -0.1) is 0 Å². The van der Waals surface area contributed by atoms with Gasteiger partial charge in [0.2, 0.25) is 0 Å². The minimum Gasteiger partial charge on any atom is -0.506 e. The number of aliphatic carboxylic acids is 1. The van der Waals surface area contributed by atoms with E-state index in [4.69, 9.17) is 4.74 Å². The number of halogens is 2. The van der Waals surface area contributed by atoms with Gasteiger partial charge in [-0.3, -0.25) is 4.90 Å². The lowest BCUT2D eigenvalue weighted by atomic mass is 9.94. The number of nitrogens with zero attached hydrogens (tertiary/aromatic N) is 1. The Kier molecular flexibility index (Phi) is 5.34. The molecule has 0 aromatic heterocycles. The molecular weight excluding hydrogens is 528 g/mol. The van der Waals surface area contributed by atoms with Crippen LogP contribution in [0.15, 0.2) is 6.07 Å². The molecular formula is C15H17I2NO5. The second kappa shape index (κ2) is 6.61. The van der Waals surface area contributed by atoms with E-state index in [-0.39, 0.29) is 18.7 Å². The molecule has 126 valence electrons. The molecule has 0 aliphatic carbocycles. The Morgan fingerprint density at radius 3 is 2.48 bits per heavy atom. The van der Waals surface area contributed by atoms with E-state index in [1.165, 1.54) is 4.90 Å². The van der Waals surface area contributed by atoms with Gasteiger partial charge in [0, 0.05) is 6.42 Å². The summed E-state index contributed by atoms with van der Waals surface area (Å²) in [7, 11) is 0. The SMILES string of the molecule is CC(C)(C)OC(=O)N1Cc2c(cc(I)c(O)c2I)CC1C(=O)O. The number of phenols is 1. The van der Waals surface area contributed by atoms with E-state index < -0.39 is 23.7 Å². The summed E-state index contributed by atoms with van der Waals surface area (Å²) < 4.78 is 6.63. The van der Waals surface area contributed by atoms with Crippen molar-refractivity contribution in [2.24, 2.45) is 0 Å². The molecule has 2 N–H and O–H groups in total. The Bertz CT molecular complexity index is 669. The molecule has 0 spiro atoms. The van der Waals surface area contributed by atoms with Crippen LogP contribution in [0.4, 0.5) is 4.79 Å². The average molecular weight is 545 g/mol. The molecule has 1 unspecified atom stereocenters. The van der Waals surface area contributed by atoms with Crippen LogP contribution < -0.4 is 0 Å². The molecule has 1 amide bonds. The third-order valence-electron chi connectivity index (χ3n) is 3.42. The fourth-order valence-electron chi connectivity index (χ4n) is 2.38. The van der Waals surface area contributed by atoms with Gasteiger partial charge < -0.3 is 14.9 Å². The zero-order valence-corrected chi connectivity index (χ0v) is 17.2. The first kappa shape index (κ1) is 18.6. The van der Waals surface area contributed by atoms with Crippen LogP contribution >= 0.6 is 45.2 Å². The number of hydrogen-bond donors (Lipinski definition) is 2. The summed E-state index contributed by atoms with van der Waals surface area (Å²) in [6.07, 6.45) is -0.472. The molecule has 6 nitrogen and oxygen atoms in total. The van der Waals surface area contributed by atoms with Gasteiger partial charge in [-0.05, 0) is 83.1 Å². The summed E-state index contributed by atoms with van der Waals surface area (Å²) in [6.45, 7) is 5.30. The molecule has 1 aromatic rings. The van der Waals surface area contributed by atoms with Crippen molar-refractivity contribution in [3.8, 4) is 5.75 Å². The highest BCUT2D eigenvalue weighted by Crippen LogP contribution is 2.36. The minimum atomic E-state index is -1.07. The number of hydrogen-bond acceptors (Lipinski definition) is 4. The number of rotatable bonds is 1. The molecule has 2 rings (SSSR count). The lowest BCUT2D eigenvalue weighted by molar-refractivity contribution is -0.143. The van der Waals surface area contributed by atoms with E-state index in [0.717, 1.165) is 11.1 Å². The van der Waals surface area contributed by atoms with Crippen LogP contribution in [0.1, 0.15) is 31.9 Å². The maximum Gasteiger partial charge on any atom is 0.411 e. The van der Waals surface area contributed by atoms with Crippen molar-refractivity contribution in [1.29, 1.82) is 0 Å². The zero-order valence-electron chi connectivity index (χ0n) is 12.9. The number of benzene rings is 1. The Balaban J connectivity index is 2.43. The Morgan fingerprint density at radius 2 is 1.96 bits per heavy atom. The highest BCUT2D eigenvalue weighted by molar-refractivity contribution is 14.1. The smallest absolute Gasteiger partial charge is 0.411 e. The third-order valence-corrected chi connectivity index (χ3v) is 5.40. The monoisotopic (exact) mass is 545 g/mol. The summed E-state index contributed by atoms with van der Waals surface area (Å²) in [4.78, 5) is 25.2. The van der Waals surface area contributed by atoms with Crippen LogP contribution in [0.5, 0.6) is 5.75 Å². The first-order valence-electron chi connectivity index (χ1n) is 6.92. The lowest BCUT2D eigenvalue weighted by Gasteiger charge is -2.36. The van der Waals surface area contributed by atoms with Crippen molar-refractivity contribution in [1.82, 2.24) is 4.90 Å². The maximum atomic E-state index is 12.4. The second-order valence-electron chi connectivity index (χ2n) is 6.33. The summed E-state index contributed by atoms with van der Waals surface area (Å²) in [5.74, 6) is -0.914. The van der Waals surface area contributed by atoms with E-state index in [9.17, 15) is 19.8 Å². The molecule has 8 heteroatoms. The fourth-order valence-corrected chi connectivity index (χ4v) is 4.35. The van der Waals surface area contributed by atoms with Gasteiger partial charge in [0.15, 0.2) is 0 Å². The summed E-state index contributed by atoms with van der Waals surface area (Å²) in [6, 6.07) is 0.795. The zero-order chi connectivity index (χ0) is 17.5. The van der Waals surface area contributed by atoms with Gasteiger partial charge in [0.1, 0.15) is 17.4 Å². The first-order chi connectivity index (χ1) is 10.5. The number of carboxylic acids is 1. The highest BCUT2D eigenvalue weighted by atomic mass is 127. The van der Waals surface area contributed by atoms with E-state index in [1.54, 1.807) is 26.8 Å². The predicted molar refractivity (Wildman–Crippen MR) is 100 cm³/mol. The van der Waals surface area contributed by atoms with Crippen molar-refractivity contribution in [2.75, 3.05) is 0 Å². The molecule has 1 aromatic carbocycles. The Morgan fingerprint density at radius 1 is 1.35 bits per heavy atom. The summed E-state index contributed by atoms with van der Waals surface area (Å²) in [5.41, 5.74) is 0.901. The van der Waals surface area contributed by atoms with Crippen LogP contribution in [-0.4, -0.2) is 38.8 Å². The predicted octanol–water partition coefficient (Wildman–Crippen LogP) is 3.35. The van der Waals surface area contributed by atoms with Crippen LogP contribution in [0, 0.1) is 7.14 Å². The molecule has 1 aliphatic rings. The molecule has 0 fully saturated rings. The van der Waals surface area contributed by atoms with Gasteiger partial charge in [-0.2, -0.15) is 0 Å². The number of amides is 1. The number of carbonyl (C=O) groups excluding carboxylic acids is 1. The van der Waals surface area contributed by atoms with Crippen LogP contribution in [0.25, 0.3) is 0 Å². The molecule has 1 heterocycles. The van der Waals surface area contributed by atoms with Crippen LogP contribution in [0.3, 0.4) is 0 Å². The number of aromatic hydroxyl groups is 1. The molecule has 1 aliphatic heterocycles. The van der Waals surface area contributed by atoms with Gasteiger partial charge in [0.25, 0.3) is 0 Å². The quantitative estimate of drug-likeness (QED) is 0.530. The summed E-state index contributed by atoms with van der Waals surface area (Å²) in [5, 5.41) is 19.6. The normalized spacial score (nSPS) is 17.6. The number of carbonyl (C=O) groups is 2. The summed E-state index contributed by atoms with van der Waals surface area (Å²) >= 11 is 4.03. The van der Waals surface area contributed by atoms with Gasteiger partial charge >= 0.3 is 12.1 Å². The molecule has 0 saturated heterocycles. The van der Waals surface area contributed by atoms with Gasteiger partial charge in [-0.1, -0.05) is 0 Å². The number of ether oxygens (including phenoxy) is 1. The van der Waals surface area contributed by atoms with Crippen molar-refractivity contribution in [2.45, 2.75) is 45.4 Å². The second-order valence-corrected chi connectivity index (χ2v) is 8.57. The van der Waals surface area contributed by atoms with E-state index in [1.807, 2.05) is 45.2 Å². The molecule has 0 bridgehead atoms. The molecule has 23 heavy (non-hydrogen) atoms. The maximum absolute atomic E-state index is 12.4. The largest absolute Gasteiger partial charge is 0.506 e. The molecule has 1 atom stereocenters. The lowest BCUT2D eigenvalue weighted by Crippen LogP contribution is -2.50. The number of fused-ring (bicyclic) bond motifs is 1. The van der Waals surface area contributed by atoms with Crippen molar-refractivity contribution in [3.05, 3.63) is 24.3 Å². The van der Waals surface area contributed by atoms with E-state index in [2.05, 4.69) is 0 Å². The minimum absolute atomic E-state index is 0.101. The van der Waals surface area contributed by atoms with E-state index in [0.29, 0.717) is 7.14 Å². The van der Waals surface area contributed by atoms with E-state index >= 15 is 0 Å². The topological polar surface area (TPSA) is 87.1 Å². The fraction of sp³-hybridized carbons (Fsp3) is 0.467. The Hall–Kier alpha value is -0.780. The van der Waals surface area contributed by atoms with Gasteiger partial charge in [0.05, 0.1) is 13.7 Å². The molecule has 0 radical (unpaired) electrons. The highest BCUT2D eigenvalue weighted by Gasteiger charge is 2.38. The van der Waals surface area contributed by atoms with Crippen molar-refractivity contribution < 1.29 is 24.5 Å². The van der Waals surface area contributed by atoms with Crippen LogP contribution in [0.2, 0.25) is 0 Å². The number of carboxylic acid groups (broad SMARTS) is 1. The Labute approximate surface area is 161 Å². The van der Waals surface area contributed by atoms with Crippen molar-refractivity contribution in [3.63, 3.8) is 0 Å². The van der Waals surface area contributed by atoms with Crippen molar-refractivity contribution >= 4 is 57.2 Å².